The lowest BCUT2D eigenvalue weighted by Crippen LogP contribution is -2.42. The predicted octanol–water partition coefficient (Wildman–Crippen LogP) is 0.902. The van der Waals surface area contributed by atoms with E-state index in [0.717, 1.165) is 5.56 Å². The van der Waals surface area contributed by atoms with Gasteiger partial charge in [-0.2, -0.15) is 0 Å². The fourth-order valence-corrected chi connectivity index (χ4v) is 1.49. The number of hydrogen-bond acceptors (Lipinski definition) is 3. The van der Waals surface area contributed by atoms with Crippen LogP contribution in [0.15, 0.2) is 24.3 Å². The van der Waals surface area contributed by atoms with Gasteiger partial charge in [0, 0.05) is 25.2 Å². The Labute approximate surface area is 122 Å². The number of hydrogen-bond donors (Lipinski definition) is 3. The minimum atomic E-state index is -0.401. The number of benzene rings is 1. The van der Waals surface area contributed by atoms with Crippen LogP contribution in [-0.4, -0.2) is 38.7 Å². The molecule has 0 bridgehead atoms. The monoisotopic (exact) mass is 299 g/mol. The van der Waals surface area contributed by atoms with Gasteiger partial charge in [-0.05, 0) is 17.7 Å². The number of ether oxygens (including phenoxy) is 1. The van der Waals surface area contributed by atoms with Gasteiger partial charge in [0.2, 0.25) is 5.91 Å². The van der Waals surface area contributed by atoms with Crippen molar-refractivity contribution in [3.63, 3.8) is 0 Å². The van der Waals surface area contributed by atoms with E-state index in [-0.39, 0.29) is 12.5 Å². The molecule has 0 saturated carbocycles. The maximum absolute atomic E-state index is 11.5. The molecule has 0 saturated heterocycles. The number of amides is 3. The molecule has 0 radical (unpaired) electrons. The Morgan fingerprint density at radius 1 is 1.15 bits per heavy atom. The second-order valence-corrected chi connectivity index (χ2v) is 4.44. The third kappa shape index (κ3) is 6.96. The van der Waals surface area contributed by atoms with Gasteiger partial charge < -0.3 is 20.7 Å². The van der Waals surface area contributed by atoms with Gasteiger partial charge in [0.15, 0.2) is 0 Å². The van der Waals surface area contributed by atoms with Gasteiger partial charge in [0.05, 0.1) is 13.2 Å². The Bertz CT molecular complexity index is 437. The number of carbonyl (C=O) groups is 2. The molecule has 3 amide bonds. The summed E-state index contributed by atoms with van der Waals surface area (Å²) >= 11 is 5.76. The Hall–Kier alpha value is -1.79. The zero-order valence-corrected chi connectivity index (χ0v) is 12.0. The molecule has 0 aromatic heterocycles. The van der Waals surface area contributed by atoms with Gasteiger partial charge in [-0.1, -0.05) is 23.7 Å². The maximum Gasteiger partial charge on any atom is 0.315 e. The van der Waals surface area contributed by atoms with Gasteiger partial charge >= 0.3 is 6.03 Å². The molecule has 0 spiro atoms. The van der Waals surface area contributed by atoms with Crippen LogP contribution < -0.4 is 16.0 Å². The quantitative estimate of drug-likeness (QED) is 0.655. The first-order chi connectivity index (χ1) is 9.61. The summed E-state index contributed by atoms with van der Waals surface area (Å²) in [5.74, 6) is -0.260. The number of halogens is 1. The summed E-state index contributed by atoms with van der Waals surface area (Å²) in [4.78, 5) is 22.8. The van der Waals surface area contributed by atoms with Crippen molar-refractivity contribution < 1.29 is 14.3 Å². The second kappa shape index (κ2) is 9.17. The summed E-state index contributed by atoms with van der Waals surface area (Å²) in [6.45, 7) is 1.16. The van der Waals surface area contributed by atoms with E-state index >= 15 is 0 Å². The molecule has 0 unspecified atom stereocenters. The minimum Gasteiger partial charge on any atom is -0.383 e. The second-order valence-electron chi connectivity index (χ2n) is 4.01. The van der Waals surface area contributed by atoms with Crippen molar-refractivity contribution in [1.29, 1.82) is 0 Å². The van der Waals surface area contributed by atoms with E-state index in [2.05, 4.69) is 16.0 Å². The summed E-state index contributed by atoms with van der Waals surface area (Å²) in [5, 5.41) is 8.35. The largest absolute Gasteiger partial charge is 0.383 e. The van der Waals surface area contributed by atoms with Gasteiger partial charge in [0.25, 0.3) is 0 Å². The maximum atomic E-state index is 11.5. The minimum absolute atomic E-state index is 0.0732. The van der Waals surface area contributed by atoms with Crippen LogP contribution in [-0.2, 0) is 16.1 Å². The average molecular weight is 300 g/mol. The summed E-state index contributed by atoms with van der Waals surface area (Å²) in [5.41, 5.74) is 0.925. The lowest BCUT2D eigenvalue weighted by atomic mass is 10.2. The van der Waals surface area contributed by atoms with Crippen molar-refractivity contribution in [1.82, 2.24) is 16.0 Å². The Morgan fingerprint density at radius 2 is 1.85 bits per heavy atom. The molecule has 0 heterocycles. The van der Waals surface area contributed by atoms with Crippen LogP contribution in [0, 0.1) is 0 Å². The molecular weight excluding hydrogens is 282 g/mol. The number of carbonyl (C=O) groups excluding carboxylic acids is 2. The Morgan fingerprint density at radius 3 is 2.50 bits per heavy atom. The molecule has 1 rings (SSSR count). The van der Waals surface area contributed by atoms with Crippen molar-refractivity contribution in [2.24, 2.45) is 0 Å². The lowest BCUT2D eigenvalue weighted by Gasteiger charge is -2.08. The van der Waals surface area contributed by atoms with Crippen molar-refractivity contribution in [2.75, 3.05) is 26.8 Å². The third-order valence-electron chi connectivity index (χ3n) is 2.40. The summed E-state index contributed by atoms with van der Waals surface area (Å²) in [6.07, 6.45) is 0. The Balaban J connectivity index is 2.17. The molecule has 0 atom stereocenters. The van der Waals surface area contributed by atoms with Crippen LogP contribution in [0.1, 0.15) is 5.56 Å². The highest BCUT2D eigenvalue weighted by molar-refractivity contribution is 6.30. The first kappa shape index (κ1) is 16.3. The van der Waals surface area contributed by atoms with Crippen LogP contribution in [0.5, 0.6) is 0 Å². The highest BCUT2D eigenvalue weighted by Crippen LogP contribution is 2.08. The van der Waals surface area contributed by atoms with Crippen molar-refractivity contribution in [3.05, 3.63) is 34.9 Å². The lowest BCUT2D eigenvalue weighted by molar-refractivity contribution is -0.120. The van der Waals surface area contributed by atoms with E-state index in [1.807, 2.05) is 12.1 Å². The first-order valence-electron chi connectivity index (χ1n) is 6.13. The van der Waals surface area contributed by atoms with Crippen LogP contribution >= 0.6 is 11.6 Å². The molecule has 0 aliphatic carbocycles. The molecule has 0 aliphatic rings. The highest BCUT2D eigenvalue weighted by Gasteiger charge is 2.04. The molecule has 7 heteroatoms. The van der Waals surface area contributed by atoms with Gasteiger partial charge in [-0.3, -0.25) is 4.79 Å². The van der Waals surface area contributed by atoms with Gasteiger partial charge in [-0.15, -0.1) is 0 Å². The first-order valence-corrected chi connectivity index (χ1v) is 6.51. The van der Waals surface area contributed by atoms with Crippen LogP contribution in [0.2, 0.25) is 5.02 Å². The third-order valence-corrected chi connectivity index (χ3v) is 2.66. The summed E-state index contributed by atoms with van der Waals surface area (Å²) in [6, 6.07) is 6.74. The molecule has 1 aromatic carbocycles. The normalized spacial score (nSPS) is 9.90. The van der Waals surface area contributed by atoms with Crippen molar-refractivity contribution >= 4 is 23.5 Å². The molecule has 6 nitrogen and oxygen atoms in total. The highest BCUT2D eigenvalue weighted by atomic mass is 35.5. The number of rotatable bonds is 7. The van der Waals surface area contributed by atoms with Crippen LogP contribution in [0.25, 0.3) is 0 Å². The molecule has 1 aromatic rings. The molecule has 3 N–H and O–H groups in total. The SMILES string of the molecule is COCCNC(=O)CNC(=O)NCc1ccc(Cl)cc1. The van der Waals surface area contributed by atoms with E-state index in [9.17, 15) is 9.59 Å². The number of methoxy groups -OCH3 is 1. The molecule has 110 valence electrons. The van der Waals surface area contributed by atoms with Crippen LogP contribution in [0.4, 0.5) is 4.79 Å². The fourth-order valence-electron chi connectivity index (χ4n) is 1.36. The van der Waals surface area contributed by atoms with Crippen LogP contribution in [0.3, 0.4) is 0 Å². The molecule has 20 heavy (non-hydrogen) atoms. The van der Waals surface area contributed by atoms with E-state index in [4.69, 9.17) is 16.3 Å². The average Bonchev–Trinajstić information content (AvgIpc) is 2.45. The topological polar surface area (TPSA) is 79.5 Å². The summed E-state index contributed by atoms with van der Waals surface area (Å²) < 4.78 is 4.79. The van der Waals surface area contributed by atoms with E-state index in [1.165, 1.54) is 0 Å². The van der Waals surface area contributed by atoms with Gasteiger partial charge in [-0.25, -0.2) is 4.79 Å². The fraction of sp³-hybridized carbons (Fsp3) is 0.385. The van der Waals surface area contributed by atoms with E-state index in [1.54, 1.807) is 19.2 Å². The number of urea groups is 1. The van der Waals surface area contributed by atoms with Crippen molar-refractivity contribution in [2.45, 2.75) is 6.54 Å². The number of nitrogens with one attached hydrogen (secondary N) is 3. The zero-order valence-electron chi connectivity index (χ0n) is 11.2. The predicted molar refractivity (Wildman–Crippen MR) is 76.6 cm³/mol. The standard InChI is InChI=1S/C13H18ClN3O3/c1-20-7-6-15-12(18)9-17-13(19)16-8-10-2-4-11(14)5-3-10/h2-5H,6-9H2,1H3,(H,15,18)(H2,16,17,19). The zero-order chi connectivity index (χ0) is 14.8. The molecular formula is C13H18ClN3O3. The summed E-state index contributed by atoms with van der Waals surface area (Å²) in [7, 11) is 1.55. The smallest absolute Gasteiger partial charge is 0.315 e. The van der Waals surface area contributed by atoms with Crippen molar-refractivity contribution in [3.8, 4) is 0 Å². The van der Waals surface area contributed by atoms with E-state index < -0.39 is 6.03 Å². The Kier molecular flexibility index (Phi) is 7.46. The molecule has 0 aliphatic heterocycles. The molecule has 0 fully saturated rings. The van der Waals surface area contributed by atoms with E-state index in [0.29, 0.717) is 24.7 Å². The van der Waals surface area contributed by atoms with Gasteiger partial charge in [0.1, 0.15) is 0 Å².